The fourth-order valence-corrected chi connectivity index (χ4v) is 4.02. The van der Waals surface area contributed by atoms with Gasteiger partial charge < -0.3 is 29.5 Å². The maximum Gasteiger partial charge on any atom is 0.331 e. The molecule has 1 aromatic heterocycles. The van der Waals surface area contributed by atoms with Crippen LogP contribution in [0, 0.1) is 11.8 Å². The SMILES string of the molecule is CCC(CC)(NC(=O)c1ccc(N2CC(OC)C2)c(OCC2C[C@@H]2CO)n1)C(=O)OCCCF. The van der Waals surface area contributed by atoms with Gasteiger partial charge in [0.15, 0.2) is 0 Å². The van der Waals surface area contributed by atoms with Crippen molar-refractivity contribution < 1.29 is 33.3 Å². The highest BCUT2D eigenvalue weighted by atomic mass is 19.1. The number of hydrogen-bond donors (Lipinski definition) is 2. The monoisotopic (exact) mass is 481 g/mol. The smallest absolute Gasteiger partial charge is 0.331 e. The van der Waals surface area contributed by atoms with Gasteiger partial charge in [-0.3, -0.25) is 9.18 Å². The van der Waals surface area contributed by atoms with E-state index in [0.717, 1.165) is 12.1 Å². The van der Waals surface area contributed by atoms with E-state index in [9.17, 15) is 19.1 Å². The number of nitrogens with one attached hydrogen (secondary N) is 1. The van der Waals surface area contributed by atoms with E-state index in [-0.39, 0.29) is 43.3 Å². The molecular formula is C24H36FN3O6. The van der Waals surface area contributed by atoms with Crippen molar-refractivity contribution in [1.82, 2.24) is 10.3 Å². The van der Waals surface area contributed by atoms with E-state index < -0.39 is 24.1 Å². The summed E-state index contributed by atoms with van der Waals surface area (Å²) in [5.74, 6) is -0.236. The Morgan fingerprint density at radius 3 is 2.59 bits per heavy atom. The number of carbonyl (C=O) groups is 2. The number of methoxy groups -OCH3 is 1. The summed E-state index contributed by atoms with van der Waals surface area (Å²) in [5.41, 5.74) is -0.325. The zero-order valence-electron chi connectivity index (χ0n) is 20.2. The molecule has 0 radical (unpaired) electrons. The number of esters is 1. The number of nitrogens with zero attached hydrogens (tertiary/aromatic N) is 2. The van der Waals surface area contributed by atoms with E-state index in [4.69, 9.17) is 14.2 Å². The van der Waals surface area contributed by atoms with E-state index >= 15 is 0 Å². The summed E-state index contributed by atoms with van der Waals surface area (Å²) in [5, 5.41) is 12.1. The minimum atomic E-state index is -1.22. The van der Waals surface area contributed by atoms with Crippen molar-refractivity contribution >= 4 is 17.6 Å². The lowest BCUT2D eigenvalue weighted by Gasteiger charge is -2.40. The second-order valence-electron chi connectivity index (χ2n) is 8.95. The number of halogens is 1. The zero-order chi connectivity index (χ0) is 24.7. The Bertz CT molecular complexity index is 844. The number of anilines is 1. The van der Waals surface area contributed by atoms with Gasteiger partial charge in [-0.15, -0.1) is 0 Å². The molecule has 2 heterocycles. The first-order chi connectivity index (χ1) is 16.4. The van der Waals surface area contributed by atoms with Crippen LogP contribution in [0.4, 0.5) is 10.1 Å². The van der Waals surface area contributed by atoms with Crippen LogP contribution in [0.5, 0.6) is 5.88 Å². The maximum atomic E-state index is 13.1. The molecule has 2 aliphatic rings. The van der Waals surface area contributed by atoms with Crippen LogP contribution in [-0.2, 0) is 14.3 Å². The molecule has 190 valence electrons. The van der Waals surface area contributed by atoms with Crippen molar-refractivity contribution in [3.8, 4) is 5.88 Å². The highest BCUT2D eigenvalue weighted by Crippen LogP contribution is 2.39. The molecule has 0 aromatic carbocycles. The van der Waals surface area contributed by atoms with Gasteiger partial charge in [-0.2, -0.15) is 0 Å². The van der Waals surface area contributed by atoms with Gasteiger partial charge in [0.25, 0.3) is 5.91 Å². The third-order valence-electron chi connectivity index (χ3n) is 6.79. The average Bonchev–Trinajstić information content (AvgIpc) is 3.59. The predicted octanol–water partition coefficient (Wildman–Crippen LogP) is 2.12. The van der Waals surface area contributed by atoms with Gasteiger partial charge in [0.05, 0.1) is 26.0 Å². The lowest BCUT2D eigenvalue weighted by molar-refractivity contribution is -0.152. The molecule has 34 heavy (non-hydrogen) atoms. The van der Waals surface area contributed by atoms with Gasteiger partial charge in [0.2, 0.25) is 5.88 Å². The Kier molecular flexibility index (Phi) is 9.07. The molecule has 2 atom stereocenters. The van der Waals surface area contributed by atoms with Crippen LogP contribution in [0.3, 0.4) is 0 Å². The third-order valence-corrected chi connectivity index (χ3v) is 6.79. The quantitative estimate of drug-likeness (QED) is 0.307. The summed E-state index contributed by atoms with van der Waals surface area (Å²) < 4.78 is 28.9. The Morgan fingerprint density at radius 2 is 2.00 bits per heavy atom. The molecule has 1 saturated heterocycles. The number of alkyl halides is 1. The van der Waals surface area contributed by atoms with Gasteiger partial charge in [-0.25, -0.2) is 9.78 Å². The van der Waals surface area contributed by atoms with E-state index in [2.05, 4.69) is 15.2 Å². The molecule has 1 aromatic rings. The van der Waals surface area contributed by atoms with Crippen LogP contribution >= 0.6 is 0 Å². The van der Waals surface area contributed by atoms with Crippen molar-refractivity contribution in [3.63, 3.8) is 0 Å². The van der Waals surface area contributed by atoms with Crippen LogP contribution in [0.1, 0.15) is 50.0 Å². The summed E-state index contributed by atoms with van der Waals surface area (Å²) in [7, 11) is 1.67. The number of carbonyl (C=O) groups excluding carboxylic acids is 2. The highest BCUT2D eigenvalue weighted by Gasteiger charge is 2.40. The van der Waals surface area contributed by atoms with Gasteiger partial charge in [-0.1, -0.05) is 13.8 Å². The van der Waals surface area contributed by atoms with Gasteiger partial charge >= 0.3 is 5.97 Å². The highest BCUT2D eigenvalue weighted by molar-refractivity contribution is 5.97. The van der Waals surface area contributed by atoms with Crippen LogP contribution in [0.2, 0.25) is 0 Å². The number of amides is 1. The first-order valence-electron chi connectivity index (χ1n) is 12.0. The van der Waals surface area contributed by atoms with E-state index in [1.807, 2.05) is 0 Å². The molecule has 1 unspecified atom stereocenters. The van der Waals surface area contributed by atoms with Crippen molar-refractivity contribution in [2.75, 3.05) is 51.6 Å². The van der Waals surface area contributed by atoms with Crippen molar-refractivity contribution in [1.29, 1.82) is 0 Å². The Morgan fingerprint density at radius 1 is 1.26 bits per heavy atom. The molecule has 1 aliphatic heterocycles. The van der Waals surface area contributed by atoms with E-state index in [0.29, 0.717) is 38.4 Å². The van der Waals surface area contributed by atoms with E-state index in [1.165, 1.54) is 0 Å². The van der Waals surface area contributed by atoms with Crippen LogP contribution in [-0.4, -0.2) is 80.3 Å². The Balaban J connectivity index is 1.75. The summed E-state index contributed by atoms with van der Waals surface area (Å²) in [6, 6.07) is 3.40. The van der Waals surface area contributed by atoms with E-state index in [1.54, 1.807) is 33.1 Å². The summed E-state index contributed by atoms with van der Waals surface area (Å²) in [6.07, 6.45) is 1.80. The molecule has 0 bridgehead atoms. The fourth-order valence-electron chi connectivity index (χ4n) is 4.02. The number of aromatic nitrogens is 1. The standard InChI is InChI=1S/C24H36FN3O6/c1-4-24(5-2,23(31)33-10-6-9-25)27-21(30)19-7-8-20(28-12-18(13-28)32-3)22(26-19)34-15-17-11-16(17)14-29/h7-8,16-18,29H,4-6,9-15H2,1-3H3,(H,27,30)/t16-,17?/m1/s1. The largest absolute Gasteiger partial charge is 0.476 e. The second-order valence-corrected chi connectivity index (χ2v) is 8.95. The van der Waals surface area contributed by atoms with Gasteiger partial charge in [-0.05, 0) is 43.2 Å². The van der Waals surface area contributed by atoms with Gasteiger partial charge in [0.1, 0.15) is 16.9 Å². The molecule has 2 fully saturated rings. The zero-order valence-corrected chi connectivity index (χ0v) is 20.2. The topological polar surface area (TPSA) is 110 Å². The third kappa shape index (κ3) is 5.96. The van der Waals surface area contributed by atoms with Crippen molar-refractivity contribution in [2.45, 2.75) is 51.2 Å². The van der Waals surface area contributed by atoms with Gasteiger partial charge in [0, 0.05) is 33.2 Å². The summed E-state index contributed by atoms with van der Waals surface area (Å²) in [6.45, 7) is 4.90. The lowest BCUT2D eigenvalue weighted by atomic mass is 9.92. The van der Waals surface area contributed by atoms with Crippen molar-refractivity contribution in [2.24, 2.45) is 11.8 Å². The molecule has 3 rings (SSSR count). The average molecular weight is 482 g/mol. The number of rotatable bonds is 14. The minimum absolute atomic E-state index is 0.0355. The number of pyridine rings is 1. The first-order valence-corrected chi connectivity index (χ1v) is 12.0. The molecule has 1 amide bonds. The van der Waals surface area contributed by atoms with Crippen LogP contribution in [0.15, 0.2) is 12.1 Å². The van der Waals surface area contributed by atoms with Crippen LogP contribution in [0.25, 0.3) is 0 Å². The minimum Gasteiger partial charge on any atom is -0.476 e. The molecular weight excluding hydrogens is 445 g/mol. The Hall–Kier alpha value is -2.46. The number of aliphatic hydroxyl groups excluding tert-OH is 1. The number of hydrogen-bond acceptors (Lipinski definition) is 8. The normalized spacial score (nSPS) is 20.0. The lowest BCUT2D eigenvalue weighted by Crippen LogP contribution is -2.54. The second kappa shape index (κ2) is 11.8. The Labute approximate surface area is 200 Å². The molecule has 1 aliphatic carbocycles. The molecule has 10 heteroatoms. The fraction of sp³-hybridized carbons (Fsp3) is 0.708. The first kappa shape index (κ1) is 26.2. The molecule has 1 saturated carbocycles. The number of ether oxygens (including phenoxy) is 3. The predicted molar refractivity (Wildman–Crippen MR) is 124 cm³/mol. The number of aliphatic hydroxyl groups is 1. The molecule has 2 N–H and O–H groups in total. The summed E-state index contributed by atoms with van der Waals surface area (Å²) >= 11 is 0. The van der Waals surface area contributed by atoms with Crippen molar-refractivity contribution in [3.05, 3.63) is 17.8 Å². The molecule has 0 spiro atoms. The van der Waals surface area contributed by atoms with Crippen LogP contribution < -0.4 is 15.0 Å². The maximum absolute atomic E-state index is 13.1. The molecule has 9 nitrogen and oxygen atoms in total. The summed E-state index contributed by atoms with van der Waals surface area (Å²) in [4.78, 5) is 32.4.